The van der Waals surface area contributed by atoms with E-state index >= 15 is 0 Å². The van der Waals surface area contributed by atoms with E-state index in [4.69, 9.17) is 0 Å². The minimum Gasteiger partial charge on any atom is -0.395 e. The molecule has 1 aromatic carbocycles. The number of amides is 2. The van der Waals surface area contributed by atoms with Gasteiger partial charge in [0.1, 0.15) is 18.0 Å². The van der Waals surface area contributed by atoms with Gasteiger partial charge in [0.15, 0.2) is 5.13 Å². The zero-order valence-corrected chi connectivity index (χ0v) is 21.3. The number of anilines is 3. The lowest BCUT2D eigenvalue weighted by Crippen LogP contribution is -2.32. The van der Waals surface area contributed by atoms with Gasteiger partial charge < -0.3 is 15.7 Å². The zero-order valence-electron chi connectivity index (χ0n) is 19.7. The summed E-state index contributed by atoms with van der Waals surface area (Å²) in [6, 6.07) is 4.15. The summed E-state index contributed by atoms with van der Waals surface area (Å²) in [5, 5.41) is 18.9. The Labute approximate surface area is 217 Å². The summed E-state index contributed by atoms with van der Waals surface area (Å²) in [6.45, 7) is 1.99. The molecule has 1 atom stereocenters. The van der Waals surface area contributed by atoms with Crippen molar-refractivity contribution in [1.82, 2.24) is 19.9 Å². The van der Waals surface area contributed by atoms with Crippen molar-refractivity contribution in [3.8, 4) is 0 Å². The normalized spacial score (nSPS) is 17.2. The van der Waals surface area contributed by atoms with E-state index in [9.17, 15) is 14.3 Å². The molecule has 1 fully saturated rings. The van der Waals surface area contributed by atoms with Gasteiger partial charge in [0, 0.05) is 60.1 Å². The van der Waals surface area contributed by atoms with E-state index < -0.39 is 6.03 Å². The van der Waals surface area contributed by atoms with Crippen molar-refractivity contribution < 1.29 is 14.3 Å². The predicted octanol–water partition coefficient (Wildman–Crippen LogP) is 3.98. The number of carbonyl (C=O) groups excluding carboxylic acids is 1. The number of rotatable bonds is 9. The number of aromatic nitrogens is 3. The minimum absolute atomic E-state index is 0.0549. The van der Waals surface area contributed by atoms with E-state index in [2.05, 4.69) is 35.8 Å². The Hall–Kier alpha value is -2.80. The van der Waals surface area contributed by atoms with E-state index in [0.29, 0.717) is 29.5 Å². The molecule has 190 valence electrons. The Morgan fingerprint density at radius 2 is 2.17 bits per heavy atom. The topological polar surface area (TPSA) is 115 Å². The molecule has 5 rings (SSSR count). The lowest BCUT2D eigenvalue weighted by Gasteiger charge is -2.23. The van der Waals surface area contributed by atoms with Crippen molar-refractivity contribution in [1.29, 1.82) is 0 Å². The molecule has 0 bridgehead atoms. The van der Waals surface area contributed by atoms with E-state index in [-0.39, 0.29) is 18.5 Å². The summed E-state index contributed by atoms with van der Waals surface area (Å²) in [6.07, 6.45) is 6.97. The number of hydrogen-bond donors (Lipinski definition) is 4. The average molecular weight is 530 g/mol. The van der Waals surface area contributed by atoms with Crippen LogP contribution in [0.25, 0.3) is 0 Å². The van der Waals surface area contributed by atoms with E-state index in [1.807, 2.05) is 0 Å². The Morgan fingerprint density at radius 3 is 3.06 bits per heavy atom. The summed E-state index contributed by atoms with van der Waals surface area (Å²) in [5.41, 5.74) is 2.09. The molecule has 1 saturated heterocycles. The smallest absolute Gasteiger partial charge is 0.325 e. The van der Waals surface area contributed by atoms with Crippen molar-refractivity contribution in [2.75, 3.05) is 41.4 Å². The quantitative estimate of drug-likeness (QED) is 0.329. The molecule has 0 unspecified atom stereocenters. The Morgan fingerprint density at radius 1 is 1.25 bits per heavy atom. The number of aliphatic hydroxyl groups excluding tert-OH is 1. The number of benzene rings is 1. The molecule has 4 N–H and O–H groups in total. The molecule has 2 aliphatic rings. The van der Waals surface area contributed by atoms with Crippen LogP contribution in [0.15, 0.2) is 35.6 Å². The third-order valence-electron chi connectivity index (χ3n) is 6.29. The molecular weight excluding hydrogens is 501 g/mol. The molecule has 2 aromatic heterocycles. The minimum atomic E-state index is -0.436. The van der Waals surface area contributed by atoms with Crippen LogP contribution < -0.4 is 16.0 Å². The number of urea groups is 1. The van der Waals surface area contributed by atoms with Crippen LogP contribution in [-0.4, -0.2) is 62.5 Å². The molecule has 0 radical (unpaired) electrons. The van der Waals surface area contributed by atoms with Crippen LogP contribution >= 0.6 is 23.1 Å². The fourth-order valence-electron chi connectivity index (χ4n) is 4.46. The predicted molar refractivity (Wildman–Crippen MR) is 140 cm³/mol. The number of halogens is 1. The van der Waals surface area contributed by atoms with Gasteiger partial charge in [-0.15, -0.1) is 23.1 Å². The molecule has 12 heteroatoms. The molecule has 4 heterocycles. The van der Waals surface area contributed by atoms with Crippen LogP contribution in [0.1, 0.15) is 29.0 Å². The number of thioether (sulfide) groups is 1. The van der Waals surface area contributed by atoms with Crippen LogP contribution in [0.5, 0.6) is 0 Å². The van der Waals surface area contributed by atoms with Crippen molar-refractivity contribution in [2.45, 2.75) is 43.2 Å². The highest BCUT2D eigenvalue weighted by Gasteiger charge is 2.24. The third-order valence-corrected chi connectivity index (χ3v) is 8.39. The molecular formula is C24H28FN7O2S2. The first kappa shape index (κ1) is 24.9. The molecule has 0 aliphatic carbocycles. The summed E-state index contributed by atoms with van der Waals surface area (Å²) in [4.78, 5) is 29.7. The first-order valence-corrected chi connectivity index (χ1v) is 13.8. The number of nitrogens with one attached hydrogen (secondary N) is 3. The second kappa shape index (κ2) is 11.5. The molecule has 36 heavy (non-hydrogen) atoms. The van der Waals surface area contributed by atoms with Crippen molar-refractivity contribution in [3.63, 3.8) is 0 Å². The number of fused-ring (bicyclic) bond motifs is 1. The van der Waals surface area contributed by atoms with Crippen LogP contribution in [-0.2, 0) is 19.4 Å². The number of nitrogens with zero attached hydrogens (tertiary/aromatic N) is 4. The van der Waals surface area contributed by atoms with Gasteiger partial charge in [-0.05, 0) is 37.6 Å². The average Bonchev–Trinajstić information content (AvgIpc) is 3.62. The number of aryl methyl sites for hydroxylation is 1. The largest absolute Gasteiger partial charge is 0.395 e. The van der Waals surface area contributed by atoms with Crippen LogP contribution in [0.3, 0.4) is 0 Å². The van der Waals surface area contributed by atoms with Gasteiger partial charge in [0.05, 0.1) is 17.2 Å². The number of carbonyl (C=O) groups is 1. The van der Waals surface area contributed by atoms with Gasteiger partial charge in [-0.1, -0.05) is 0 Å². The molecule has 3 aromatic rings. The molecule has 2 amide bonds. The standard InChI is InChI=1S/C24H28FN7O2S2/c25-19-4-3-16(10-15(19)12-32-8-1-2-17(32)13-33)30-23(34)31-24-27-11-18(36-24)5-7-26-22-21-20(6-9-35-21)28-14-29-22/h3-4,10-11,14,17,33H,1-2,5-9,12-13H2,(H,26,28,29)(H2,27,30,31,34)/t17-/m1/s1. The van der Waals surface area contributed by atoms with Crippen molar-refractivity contribution in [2.24, 2.45) is 0 Å². The van der Waals surface area contributed by atoms with Crippen LogP contribution in [0.2, 0.25) is 0 Å². The highest BCUT2D eigenvalue weighted by molar-refractivity contribution is 7.99. The summed E-state index contributed by atoms with van der Waals surface area (Å²) >= 11 is 3.19. The Balaban J connectivity index is 1.12. The van der Waals surface area contributed by atoms with Crippen molar-refractivity contribution >= 4 is 45.8 Å². The van der Waals surface area contributed by atoms with Gasteiger partial charge in [0.25, 0.3) is 0 Å². The summed E-state index contributed by atoms with van der Waals surface area (Å²) in [5.74, 6) is 1.59. The second-order valence-corrected chi connectivity index (χ2v) is 11.0. The highest BCUT2D eigenvalue weighted by atomic mass is 32.2. The maximum absolute atomic E-state index is 14.4. The second-order valence-electron chi connectivity index (χ2n) is 8.74. The SMILES string of the molecule is O=C(Nc1ccc(F)c(CN2CCC[C@@H]2CO)c1)Nc1ncc(CCNc2ncnc3c2SCC3)s1. The third kappa shape index (κ3) is 5.94. The first-order valence-electron chi connectivity index (χ1n) is 12.0. The molecule has 2 aliphatic heterocycles. The van der Waals surface area contributed by atoms with E-state index in [0.717, 1.165) is 59.3 Å². The van der Waals surface area contributed by atoms with Gasteiger partial charge in [0.2, 0.25) is 0 Å². The first-order chi connectivity index (χ1) is 17.6. The highest BCUT2D eigenvalue weighted by Crippen LogP contribution is 2.34. The summed E-state index contributed by atoms with van der Waals surface area (Å²) < 4.78 is 14.4. The number of hydrogen-bond acceptors (Lipinski definition) is 9. The number of thiazole rings is 1. The molecule has 9 nitrogen and oxygen atoms in total. The van der Waals surface area contributed by atoms with Crippen LogP contribution in [0, 0.1) is 5.82 Å². The Bertz CT molecular complexity index is 1220. The fourth-order valence-corrected chi connectivity index (χ4v) is 6.35. The fraction of sp³-hybridized carbons (Fsp3) is 0.417. The van der Waals surface area contributed by atoms with Gasteiger partial charge in [-0.25, -0.2) is 24.1 Å². The summed E-state index contributed by atoms with van der Waals surface area (Å²) in [7, 11) is 0. The van der Waals surface area contributed by atoms with Gasteiger partial charge in [-0.2, -0.15) is 0 Å². The van der Waals surface area contributed by atoms with Crippen LogP contribution in [0.4, 0.5) is 25.8 Å². The molecule has 0 saturated carbocycles. The van der Waals surface area contributed by atoms with Gasteiger partial charge in [-0.3, -0.25) is 10.2 Å². The lowest BCUT2D eigenvalue weighted by molar-refractivity contribution is 0.152. The number of aliphatic hydroxyl groups is 1. The van der Waals surface area contributed by atoms with E-state index in [1.54, 1.807) is 30.4 Å². The lowest BCUT2D eigenvalue weighted by atomic mass is 10.1. The van der Waals surface area contributed by atoms with E-state index in [1.165, 1.54) is 23.5 Å². The maximum atomic E-state index is 14.4. The maximum Gasteiger partial charge on any atom is 0.325 e. The zero-order chi connectivity index (χ0) is 24.9. The number of likely N-dealkylation sites (tertiary alicyclic amines) is 1. The van der Waals surface area contributed by atoms with Gasteiger partial charge >= 0.3 is 6.03 Å². The monoisotopic (exact) mass is 529 g/mol. The molecule has 0 spiro atoms. The Kier molecular flexibility index (Phi) is 7.95. The van der Waals surface area contributed by atoms with Crippen molar-refractivity contribution in [3.05, 3.63) is 52.7 Å².